The van der Waals surface area contributed by atoms with Crippen molar-refractivity contribution in [3.63, 3.8) is 0 Å². The number of aliphatic hydroxyl groups is 2. The van der Waals surface area contributed by atoms with Crippen LogP contribution in [0, 0.1) is 0 Å². The van der Waals surface area contributed by atoms with Crippen LogP contribution in [-0.4, -0.2) is 28.2 Å². The molecule has 1 rings (SSSR count). The monoisotopic (exact) mass is 170 g/mol. The molecule has 68 valence electrons. The fraction of sp³-hybridized carbons (Fsp3) is 0.667. The molecule has 1 saturated carbocycles. The molecule has 1 fully saturated rings. The Morgan fingerprint density at radius 1 is 1.25 bits per heavy atom. The molecule has 2 N–H and O–H groups in total. The van der Waals surface area contributed by atoms with E-state index in [4.69, 9.17) is 0 Å². The van der Waals surface area contributed by atoms with Crippen LogP contribution in [0.4, 0.5) is 0 Å². The van der Waals surface area contributed by atoms with Crippen molar-refractivity contribution < 1.29 is 15.0 Å². The van der Waals surface area contributed by atoms with Gasteiger partial charge in [0.05, 0.1) is 12.2 Å². The zero-order valence-electron chi connectivity index (χ0n) is 7.37. The second-order valence-corrected chi connectivity index (χ2v) is 3.43. The summed E-state index contributed by atoms with van der Waals surface area (Å²) in [6.07, 6.45) is -1.24. The molecule has 0 bridgehead atoms. The maximum atomic E-state index is 10.9. The van der Waals surface area contributed by atoms with Crippen LogP contribution < -0.4 is 0 Å². The fourth-order valence-electron chi connectivity index (χ4n) is 1.62. The van der Waals surface area contributed by atoms with Gasteiger partial charge >= 0.3 is 0 Å². The van der Waals surface area contributed by atoms with Crippen molar-refractivity contribution in [2.75, 3.05) is 0 Å². The lowest BCUT2D eigenvalue weighted by Crippen LogP contribution is -2.33. The van der Waals surface area contributed by atoms with E-state index >= 15 is 0 Å². The minimum Gasteiger partial charge on any atom is -0.388 e. The molecule has 0 aliphatic heterocycles. The maximum absolute atomic E-state index is 10.9. The van der Waals surface area contributed by atoms with E-state index in [1.54, 1.807) is 0 Å². The number of rotatable bonds is 0. The molecule has 3 nitrogen and oxygen atoms in total. The molecule has 1 aliphatic carbocycles. The van der Waals surface area contributed by atoms with E-state index in [0.717, 1.165) is 5.57 Å². The quantitative estimate of drug-likeness (QED) is 0.518. The first-order chi connectivity index (χ1) is 5.52. The van der Waals surface area contributed by atoms with Crippen molar-refractivity contribution in [2.45, 2.75) is 38.9 Å². The maximum Gasteiger partial charge on any atom is 0.138 e. The Morgan fingerprint density at radius 2 is 1.67 bits per heavy atom. The Morgan fingerprint density at radius 3 is 2.00 bits per heavy atom. The Hall–Kier alpha value is -0.670. The normalized spacial score (nSPS) is 30.7. The first kappa shape index (κ1) is 9.42. The third kappa shape index (κ3) is 1.73. The summed E-state index contributed by atoms with van der Waals surface area (Å²) in [6.45, 7) is 3.66. The van der Waals surface area contributed by atoms with E-state index in [2.05, 4.69) is 0 Å². The zero-order chi connectivity index (χ0) is 9.30. The Balaban J connectivity index is 2.88. The third-order valence-electron chi connectivity index (χ3n) is 2.14. The average Bonchev–Trinajstić information content (AvgIpc) is 1.82. The highest BCUT2D eigenvalue weighted by Gasteiger charge is 2.29. The lowest BCUT2D eigenvalue weighted by molar-refractivity contribution is -0.124. The fourth-order valence-corrected chi connectivity index (χ4v) is 1.62. The van der Waals surface area contributed by atoms with Crippen LogP contribution in [-0.2, 0) is 4.79 Å². The highest BCUT2D eigenvalue weighted by atomic mass is 16.3. The van der Waals surface area contributed by atoms with E-state index in [1.807, 2.05) is 13.8 Å². The number of Topliss-reactive ketones (excluding diaryl/α,β-unsaturated/α-hetero) is 1. The van der Waals surface area contributed by atoms with E-state index in [-0.39, 0.29) is 18.6 Å². The molecule has 0 aromatic carbocycles. The summed E-state index contributed by atoms with van der Waals surface area (Å²) >= 11 is 0. The smallest absolute Gasteiger partial charge is 0.138 e. The summed E-state index contributed by atoms with van der Waals surface area (Å²) in [5.41, 5.74) is 1.53. The SMILES string of the molecule is CC(C)=C1C(O)CC(=O)CC1O. The number of hydrogen-bond donors (Lipinski definition) is 2. The average molecular weight is 170 g/mol. The van der Waals surface area contributed by atoms with Crippen molar-refractivity contribution in [3.8, 4) is 0 Å². The standard InChI is InChI=1S/C9H14O3/c1-5(2)9-7(11)3-6(10)4-8(9)12/h7-8,11-12H,3-4H2,1-2H3. The van der Waals surface area contributed by atoms with Gasteiger partial charge in [-0.05, 0) is 19.4 Å². The van der Waals surface area contributed by atoms with Gasteiger partial charge in [0.2, 0.25) is 0 Å². The highest BCUT2D eigenvalue weighted by Crippen LogP contribution is 2.24. The van der Waals surface area contributed by atoms with Gasteiger partial charge in [-0.1, -0.05) is 5.57 Å². The van der Waals surface area contributed by atoms with Crippen LogP contribution in [0.1, 0.15) is 26.7 Å². The molecule has 0 aromatic rings. The van der Waals surface area contributed by atoms with E-state index in [9.17, 15) is 15.0 Å². The van der Waals surface area contributed by atoms with Gasteiger partial charge < -0.3 is 10.2 Å². The first-order valence-corrected chi connectivity index (χ1v) is 4.07. The van der Waals surface area contributed by atoms with Crippen LogP contribution in [0.5, 0.6) is 0 Å². The molecule has 2 atom stereocenters. The van der Waals surface area contributed by atoms with Crippen molar-refractivity contribution >= 4 is 5.78 Å². The lowest BCUT2D eigenvalue weighted by atomic mass is 9.86. The van der Waals surface area contributed by atoms with E-state index < -0.39 is 12.2 Å². The minimum absolute atomic E-state index is 0.0694. The Kier molecular flexibility index (Phi) is 2.65. The molecule has 0 saturated heterocycles. The van der Waals surface area contributed by atoms with Gasteiger partial charge in [0.15, 0.2) is 0 Å². The predicted molar refractivity (Wildman–Crippen MR) is 44.6 cm³/mol. The summed E-state index contributed by atoms with van der Waals surface area (Å²) in [5.74, 6) is -0.0694. The molecule has 0 amide bonds. The third-order valence-corrected chi connectivity index (χ3v) is 2.14. The molecule has 3 heteroatoms. The van der Waals surface area contributed by atoms with Crippen molar-refractivity contribution in [1.29, 1.82) is 0 Å². The molecule has 1 aliphatic rings. The van der Waals surface area contributed by atoms with E-state index in [1.165, 1.54) is 0 Å². The number of carbonyl (C=O) groups excluding carboxylic acids is 1. The van der Waals surface area contributed by atoms with Gasteiger partial charge in [0.25, 0.3) is 0 Å². The number of carbonyl (C=O) groups is 1. The molecule has 0 aromatic heterocycles. The largest absolute Gasteiger partial charge is 0.388 e. The van der Waals surface area contributed by atoms with Crippen molar-refractivity contribution in [1.82, 2.24) is 0 Å². The van der Waals surface area contributed by atoms with Crippen LogP contribution in [0.2, 0.25) is 0 Å². The summed E-state index contributed by atoms with van der Waals surface area (Å²) in [5, 5.41) is 18.9. The predicted octanol–water partition coefficient (Wildman–Crippen LogP) is 0.408. The Labute approximate surface area is 71.7 Å². The summed E-state index contributed by atoms with van der Waals surface area (Å²) in [6, 6.07) is 0. The molecule has 0 heterocycles. The lowest BCUT2D eigenvalue weighted by Gasteiger charge is -2.26. The number of allylic oxidation sites excluding steroid dienone is 1. The van der Waals surface area contributed by atoms with Gasteiger partial charge in [0.1, 0.15) is 5.78 Å². The van der Waals surface area contributed by atoms with Crippen LogP contribution in [0.15, 0.2) is 11.1 Å². The zero-order valence-corrected chi connectivity index (χ0v) is 7.37. The minimum atomic E-state index is -0.772. The molecular weight excluding hydrogens is 156 g/mol. The number of aliphatic hydroxyl groups excluding tert-OH is 2. The van der Waals surface area contributed by atoms with Gasteiger partial charge in [-0.25, -0.2) is 0 Å². The first-order valence-electron chi connectivity index (χ1n) is 4.07. The topological polar surface area (TPSA) is 57.5 Å². The Bertz CT molecular complexity index is 210. The van der Waals surface area contributed by atoms with Gasteiger partial charge in [-0.15, -0.1) is 0 Å². The van der Waals surface area contributed by atoms with Gasteiger partial charge in [-0.2, -0.15) is 0 Å². The van der Waals surface area contributed by atoms with Gasteiger partial charge in [-0.3, -0.25) is 4.79 Å². The molecule has 2 unspecified atom stereocenters. The van der Waals surface area contributed by atoms with E-state index in [0.29, 0.717) is 5.57 Å². The van der Waals surface area contributed by atoms with Crippen LogP contribution >= 0.6 is 0 Å². The summed E-state index contributed by atoms with van der Waals surface area (Å²) in [4.78, 5) is 10.9. The van der Waals surface area contributed by atoms with Crippen molar-refractivity contribution in [3.05, 3.63) is 11.1 Å². The molecule has 0 spiro atoms. The second-order valence-electron chi connectivity index (χ2n) is 3.43. The summed E-state index contributed by atoms with van der Waals surface area (Å²) < 4.78 is 0. The summed E-state index contributed by atoms with van der Waals surface area (Å²) in [7, 11) is 0. The molecule has 0 radical (unpaired) electrons. The number of hydrogen-bond acceptors (Lipinski definition) is 3. The number of ketones is 1. The van der Waals surface area contributed by atoms with Crippen LogP contribution in [0.3, 0.4) is 0 Å². The molecule has 12 heavy (non-hydrogen) atoms. The van der Waals surface area contributed by atoms with Crippen molar-refractivity contribution in [2.24, 2.45) is 0 Å². The van der Waals surface area contributed by atoms with Gasteiger partial charge in [0, 0.05) is 12.8 Å². The second kappa shape index (κ2) is 3.37. The highest BCUT2D eigenvalue weighted by molar-refractivity contribution is 5.82. The molecular formula is C9H14O3. The van der Waals surface area contributed by atoms with Crippen LogP contribution in [0.25, 0.3) is 0 Å².